The van der Waals surface area contributed by atoms with Crippen molar-refractivity contribution in [1.82, 2.24) is 20.0 Å². The Morgan fingerprint density at radius 1 is 1.28 bits per heavy atom. The van der Waals surface area contributed by atoms with Gasteiger partial charge >= 0.3 is 0 Å². The van der Waals surface area contributed by atoms with E-state index in [4.69, 9.17) is 9.47 Å². The largest absolute Gasteiger partial charge is 0.486 e. The fraction of sp³-hybridized carbons (Fsp3) is 0.545. The third kappa shape index (κ3) is 4.18. The molecule has 0 radical (unpaired) electrons. The van der Waals surface area contributed by atoms with E-state index in [9.17, 15) is 0 Å². The Hall–Kier alpha value is -2.70. The average molecular weight is 398 g/mol. The van der Waals surface area contributed by atoms with Crippen molar-refractivity contribution < 1.29 is 9.47 Å². The highest BCUT2D eigenvalue weighted by molar-refractivity contribution is 5.80. The number of hydrogen-bond donors (Lipinski definition) is 1. The maximum Gasteiger partial charge on any atom is 0.193 e. The van der Waals surface area contributed by atoms with E-state index in [-0.39, 0.29) is 5.41 Å². The number of aliphatic imine (C=N–C) groups is 1. The number of ether oxygens (including phenoxy) is 2. The Balaban J connectivity index is 1.39. The number of benzene rings is 1. The molecule has 29 heavy (non-hydrogen) atoms. The average Bonchev–Trinajstić information content (AvgIpc) is 3.37. The summed E-state index contributed by atoms with van der Waals surface area (Å²) in [6.45, 7) is 8.45. The van der Waals surface area contributed by atoms with Crippen molar-refractivity contribution >= 4 is 5.96 Å². The predicted molar refractivity (Wildman–Crippen MR) is 114 cm³/mol. The summed E-state index contributed by atoms with van der Waals surface area (Å²) in [4.78, 5) is 6.88. The quantitative estimate of drug-likeness (QED) is 0.635. The molecule has 0 bridgehead atoms. The van der Waals surface area contributed by atoms with Gasteiger partial charge in [0.25, 0.3) is 0 Å². The van der Waals surface area contributed by atoms with Crippen molar-refractivity contribution in [3.8, 4) is 11.5 Å². The first-order valence-electron chi connectivity index (χ1n) is 10.3. The van der Waals surface area contributed by atoms with E-state index >= 15 is 0 Å². The topological polar surface area (TPSA) is 63.9 Å². The molecule has 2 aliphatic heterocycles. The number of guanidine groups is 1. The molecule has 7 heteroatoms. The van der Waals surface area contributed by atoms with Crippen molar-refractivity contribution in [2.75, 3.05) is 39.9 Å². The van der Waals surface area contributed by atoms with Crippen LogP contribution in [0.4, 0.5) is 0 Å². The molecule has 1 atom stereocenters. The normalized spacial score (nSPS) is 19.5. The van der Waals surface area contributed by atoms with E-state index < -0.39 is 0 Å². The molecule has 4 rings (SSSR count). The van der Waals surface area contributed by atoms with Crippen LogP contribution >= 0.6 is 0 Å². The van der Waals surface area contributed by atoms with Gasteiger partial charge in [0.15, 0.2) is 17.5 Å². The molecule has 1 fully saturated rings. The summed E-state index contributed by atoms with van der Waals surface area (Å²) in [5.41, 5.74) is 2.45. The zero-order valence-corrected chi connectivity index (χ0v) is 17.8. The molecule has 1 N–H and O–H groups in total. The van der Waals surface area contributed by atoms with Gasteiger partial charge in [0, 0.05) is 51.3 Å². The fourth-order valence-electron chi connectivity index (χ4n) is 4.07. The third-order valence-electron chi connectivity index (χ3n) is 5.91. The highest BCUT2D eigenvalue weighted by atomic mass is 16.6. The molecule has 2 aliphatic rings. The van der Waals surface area contributed by atoms with Gasteiger partial charge in [-0.25, -0.2) is 0 Å². The van der Waals surface area contributed by atoms with Gasteiger partial charge < -0.3 is 19.7 Å². The van der Waals surface area contributed by atoms with E-state index in [1.54, 1.807) is 0 Å². The zero-order valence-electron chi connectivity index (χ0n) is 17.8. The molecule has 0 saturated carbocycles. The SMILES string of the molecule is CN=C(NCC(C)(C)c1ccc2c(c1)OCCO2)N1CCC(c2cnn(C)c2)C1. The van der Waals surface area contributed by atoms with Crippen LogP contribution in [0.3, 0.4) is 0 Å². The monoisotopic (exact) mass is 397 g/mol. The minimum atomic E-state index is -0.0751. The van der Waals surface area contributed by atoms with Gasteiger partial charge in [-0.15, -0.1) is 0 Å². The van der Waals surface area contributed by atoms with Gasteiger partial charge in [0.1, 0.15) is 13.2 Å². The number of likely N-dealkylation sites (tertiary alicyclic amines) is 1. The number of hydrogen-bond acceptors (Lipinski definition) is 4. The summed E-state index contributed by atoms with van der Waals surface area (Å²) in [7, 11) is 3.83. The first-order chi connectivity index (χ1) is 14.0. The Morgan fingerprint density at radius 3 is 2.79 bits per heavy atom. The van der Waals surface area contributed by atoms with Crippen LogP contribution in [0.25, 0.3) is 0 Å². The highest BCUT2D eigenvalue weighted by Gasteiger charge is 2.29. The molecule has 1 aromatic heterocycles. The van der Waals surface area contributed by atoms with Crippen LogP contribution in [0.1, 0.15) is 37.3 Å². The second-order valence-electron chi connectivity index (χ2n) is 8.52. The molecule has 0 aliphatic carbocycles. The first-order valence-corrected chi connectivity index (χ1v) is 10.3. The molecule has 156 valence electrons. The number of aryl methyl sites for hydroxylation is 1. The summed E-state index contributed by atoms with van der Waals surface area (Å²) in [5, 5.41) is 7.91. The van der Waals surface area contributed by atoms with Gasteiger partial charge in [0.2, 0.25) is 0 Å². The van der Waals surface area contributed by atoms with Crippen molar-refractivity contribution in [3.05, 3.63) is 41.7 Å². The molecular formula is C22H31N5O2. The van der Waals surface area contributed by atoms with Gasteiger partial charge in [-0.1, -0.05) is 19.9 Å². The second kappa shape index (κ2) is 7.97. The van der Waals surface area contributed by atoms with E-state index in [1.807, 2.05) is 31.0 Å². The fourth-order valence-corrected chi connectivity index (χ4v) is 4.07. The van der Waals surface area contributed by atoms with Crippen LogP contribution in [0.5, 0.6) is 11.5 Å². The van der Waals surface area contributed by atoms with Crippen LogP contribution in [-0.4, -0.2) is 60.5 Å². The van der Waals surface area contributed by atoms with Crippen molar-refractivity contribution in [1.29, 1.82) is 0 Å². The van der Waals surface area contributed by atoms with Crippen LogP contribution in [0.15, 0.2) is 35.6 Å². The standard InChI is InChI=1S/C22H31N5O2/c1-22(2,18-5-6-19-20(11-18)29-10-9-28-19)15-24-21(23-3)27-8-7-16(14-27)17-12-25-26(4)13-17/h5-6,11-13,16H,7-10,14-15H2,1-4H3,(H,23,24). The van der Waals surface area contributed by atoms with Crippen molar-refractivity contribution in [3.63, 3.8) is 0 Å². The van der Waals surface area contributed by atoms with Crippen molar-refractivity contribution in [2.24, 2.45) is 12.0 Å². The van der Waals surface area contributed by atoms with Crippen LogP contribution in [0, 0.1) is 0 Å². The number of rotatable bonds is 4. The van der Waals surface area contributed by atoms with E-state index in [1.165, 1.54) is 11.1 Å². The zero-order chi connectivity index (χ0) is 20.4. The lowest BCUT2D eigenvalue weighted by atomic mass is 9.84. The number of fused-ring (bicyclic) bond motifs is 1. The lowest BCUT2D eigenvalue weighted by molar-refractivity contribution is 0.171. The Morgan fingerprint density at radius 2 is 2.07 bits per heavy atom. The number of nitrogens with one attached hydrogen (secondary N) is 1. The molecular weight excluding hydrogens is 366 g/mol. The Bertz CT molecular complexity index is 889. The van der Waals surface area contributed by atoms with Crippen molar-refractivity contribution in [2.45, 2.75) is 31.6 Å². The van der Waals surface area contributed by atoms with E-state index in [0.717, 1.165) is 43.5 Å². The first kappa shape index (κ1) is 19.6. The van der Waals surface area contributed by atoms with E-state index in [0.29, 0.717) is 19.1 Å². The molecule has 3 heterocycles. The Labute approximate surface area is 172 Å². The van der Waals surface area contributed by atoms with Gasteiger partial charge in [-0.3, -0.25) is 9.67 Å². The lowest BCUT2D eigenvalue weighted by Crippen LogP contribution is -2.45. The molecule has 1 aromatic carbocycles. The molecule has 0 amide bonds. The summed E-state index contributed by atoms with van der Waals surface area (Å²) >= 11 is 0. The summed E-state index contributed by atoms with van der Waals surface area (Å²) in [5.74, 6) is 3.14. The molecule has 1 saturated heterocycles. The Kier molecular flexibility index (Phi) is 5.39. The van der Waals surface area contributed by atoms with E-state index in [2.05, 4.69) is 52.5 Å². The highest BCUT2D eigenvalue weighted by Crippen LogP contribution is 2.35. The minimum Gasteiger partial charge on any atom is -0.486 e. The van der Waals surface area contributed by atoms with Crippen LogP contribution in [-0.2, 0) is 12.5 Å². The number of aromatic nitrogens is 2. The second-order valence-corrected chi connectivity index (χ2v) is 8.52. The van der Waals surface area contributed by atoms with Crippen LogP contribution in [0.2, 0.25) is 0 Å². The molecule has 2 aromatic rings. The third-order valence-corrected chi connectivity index (χ3v) is 5.91. The predicted octanol–water partition coefficient (Wildman–Crippen LogP) is 2.53. The van der Waals surface area contributed by atoms with Gasteiger partial charge in [-0.2, -0.15) is 5.10 Å². The summed E-state index contributed by atoms with van der Waals surface area (Å²) in [6.07, 6.45) is 5.22. The minimum absolute atomic E-state index is 0.0751. The molecule has 1 unspecified atom stereocenters. The molecule has 7 nitrogen and oxygen atoms in total. The maximum absolute atomic E-state index is 5.76. The number of nitrogens with zero attached hydrogens (tertiary/aromatic N) is 4. The molecule has 0 spiro atoms. The maximum atomic E-state index is 5.76. The summed E-state index contributed by atoms with van der Waals surface area (Å²) < 4.78 is 13.3. The summed E-state index contributed by atoms with van der Waals surface area (Å²) in [6, 6.07) is 6.25. The van der Waals surface area contributed by atoms with Gasteiger partial charge in [-0.05, 0) is 29.7 Å². The smallest absolute Gasteiger partial charge is 0.193 e. The van der Waals surface area contributed by atoms with Crippen LogP contribution < -0.4 is 14.8 Å². The lowest BCUT2D eigenvalue weighted by Gasteiger charge is -2.30. The van der Waals surface area contributed by atoms with Gasteiger partial charge in [0.05, 0.1) is 6.20 Å².